The molecule has 1 aromatic rings. The molecule has 1 heterocycles. The molecule has 1 aromatic heterocycles. The van der Waals surface area contributed by atoms with Crippen molar-refractivity contribution in [2.75, 3.05) is 4.72 Å². The van der Waals surface area contributed by atoms with Crippen LogP contribution < -0.4 is 4.72 Å². The lowest BCUT2D eigenvalue weighted by Gasteiger charge is -2.20. The Morgan fingerprint density at radius 3 is 2.44 bits per heavy atom. The molecule has 16 heavy (non-hydrogen) atoms. The zero-order valence-corrected chi connectivity index (χ0v) is 12.2. The Morgan fingerprint density at radius 2 is 2.00 bits per heavy atom. The lowest BCUT2D eigenvalue weighted by atomic mass is 10.3. The van der Waals surface area contributed by atoms with Crippen LogP contribution in [0.25, 0.3) is 0 Å². The number of halogens is 2. The molecular formula is C9H12BrClN2O2S. The fourth-order valence-corrected chi connectivity index (χ4v) is 1.97. The van der Waals surface area contributed by atoms with Crippen LogP contribution in [-0.2, 0) is 10.0 Å². The number of anilines is 1. The van der Waals surface area contributed by atoms with E-state index in [1.165, 1.54) is 6.20 Å². The van der Waals surface area contributed by atoms with Gasteiger partial charge in [-0.15, -0.1) is 0 Å². The second-order valence-corrected chi connectivity index (χ2v) is 7.86. The summed E-state index contributed by atoms with van der Waals surface area (Å²) in [7, 11) is -3.43. The van der Waals surface area contributed by atoms with Crippen molar-refractivity contribution >= 4 is 43.2 Å². The highest BCUT2D eigenvalue weighted by Gasteiger charge is 2.29. The van der Waals surface area contributed by atoms with Gasteiger partial charge in [0.05, 0.1) is 21.1 Å². The highest BCUT2D eigenvalue weighted by atomic mass is 79.9. The first-order valence-electron chi connectivity index (χ1n) is 4.47. The second kappa shape index (κ2) is 4.50. The number of nitrogens with zero attached hydrogens (tertiary/aromatic N) is 1. The molecule has 0 saturated heterocycles. The first kappa shape index (κ1) is 13.7. The normalized spacial score (nSPS) is 12.6. The van der Waals surface area contributed by atoms with E-state index in [-0.39, 0.29) is 0 Å². The van der Waals surface area contributed by atoms with Crippen LogP contribution in [0.5, 0.6) is 0 Å². The predicted molar refractivity (Wildman–Crippen MR) is 69.2 cm³/mol. The van der Waals surface area contributed by atoms with Crippen molar-refractivity contribution in [1.82, 2.24) is 4.98 Å². The van der Waals surface area contributed by atoms with Crippen LogP contribution in [-0.4, -0.2) is 18.1 Å². The van der Waals surface area contributed by atoms with E-state index in [1.807, 2.05) is 0 Å². The molecule has 7 heteroatoms. The molecule has 0 amide bonds. The van der Waals surface area contributed by atoms with Gasteiger partial charge in [0.1, 0.15) is 5.15 Å². The van der Waals surface area contributed by atoms with E-state index in [4.69, 9.17) is 11.6 Å². The van der Waals surface area contributed by atoms with Crippen LogP contribution in [0.3, 0.4) is 0 Å². The van der Waals surface area contributed by atoms with Gasteiger partial charge in [-0.1, -0.05) is 11.6 Å². The maximum atomic E-state index is 11.8. The molecule has 1 N–H and O–H groups in total. The summed E-state index contributed by atoms with van der Waals surface area (Å²) in [5.74, 6) is 0. The molecule has 0 aliphatic carbocycles. The van der Waals surface area contributed by atoms with Crippen molar-refractivity contribution in [3.63, 3.8) is 0 Å². The molecule has 0 bridgehead atoms. The lowest BCUT2D eigenvalue weighted by Crippen LogP contribution is -2.33. The van der Waals surface area contributed by atoms with Gasteiger partial charge in [0.2, 0.25) is 10.0 Å². The molecule has 1 rings (SSSR count). The topological polar surface area (TPSA) is 59.1 Å². The van der Waals surface area contributed by atoms with Gasteiger partial charge in [-0.3, -0.25) is 4.72 Å². The second-order valence-electron chi connectivity index (χ2n) is 4.21. The first-order chi connectivity index (χ1) is 7.13. The van der Waals surface area contributed by atoms with E-state index in [0.717, 1.165) is 0 Å². The van der Waals surface area contributed by atoms with E-state index < -0.39 is 14.8 Å². The Kier molecular flexibility index (Phi) is 3.87. The minimum atomic E-state index is -3.43. The van der Waals surface area contributed by atoms with Gasteiger partial charge in [0, 0.05) is 0 Å². The largest absolute Gasteiger partial charge is 0.282 e. The van der Waals surface area contributed by atoms with E-state index in [1.54, 1.807) is 26.8 Å². The average Bonchev–Trinajstić information content (AvgIpc) is 2.09. The molecule has 0 saturated carbocycles. The molecule has 0 atom stereocenters. The number of hydrogen-bond donors (Lipinski definition) is 1. The quantitative estimate of drug-likeness (QED) is 0.849. The number of sulfonamides is 1. The van der Waals surface area contributed by atoms with Crippen molar-refractivity contribution in [2.24, 2.45) is 0 Å². The summed E-state index contributed by atoms with van der Waals surface area (Å²) in [4.78, 5) is 3.84. The summed E-state index contributed by atoms with van der Waals surface area (Å²) >= 11 is 8.88. The average molecular weight is 328 g/mol. The Morgan fingerprint density at radius 1 is 1.44 bits per heavy atom. The summed E-state index contributed by atoms with van der Waals surface area (Å²) in [6.45, 7) is 4.86. The lowest BCUT2D eigenvalue weighted by molar-refractivity contribution is 0.566. The fraction of sp³-hybridized carbons (Fsp3) is 0.444. The number of nitrogens with one attached hydrogen (secondary N) is 1. The van der Waals surface area contributed by atoms with Gasteiger partial charge in [-0.25, -0.2) is 13.4 Å². The smallest absolute Gasteiger partial charge is 0.237 e. The zero-order chi connectivity index (χ0) is 12.6. The van der Waals surface area contributed by atoms with Crippen LogP contribution in [0.2, 0.25) is 5.15 Å². The Balaban J connectivity index is 3.03. The van der Waals surface area contributed by atoms with Crippen LogP contribution in [0.1, 0.15) is 20.8 Å². The Bertz CT molecular complexity index is 497. The number of hydrogen-bond acceptors (Lipinski definition) is 3. The molecule has 0 aliphatic rings. The predicted octanol–water partition coefficient (Wildman–Crippen LogP) is 3.04. The van der Waals surface area contributed by atoms with Gasteiger partial charge in [-0.05, 0) is 42.8 Å². The Labute approximate surface area is 109 Å². The molecular weight excluding hydrogens is 316 g/mol. The van der Waals surface area contributed by atoms with Crippen molar-refractivity contribution in [2.45, 2.75) is 25.5 Å². The summed E-state index contributed by atoms with van der Waals surface area (Å²) in [5, 5.41) is 0.290. The van der Waals surface area contributed by atoms with Crippen molar-refractivity contribution in [3.8, 4) is 0 Å². The molecule has 0 spiro atoms. The van der Waals surface area contributed by atoms with Crippen LogP contribution in [0.15, 0.2) is 16.7 Å². The van der Waals surface area contributed by atoms with E-state index in [0.29, 0.717) is 15.3 Å². The van der Waals surface area contributed by atoms with Crippen LogP contribution in [0.4, 0.5) is 5.69 Å². The highest BCUT2D eigenvalue weighted by Crippen LogP contribution is 2.25. The fourth-order valence-electron chi connectivity index (χ4n) is 0.785. The SMILES string of the molecule is CC(C)(C)S(=O)(=O)Nc1cnc(Cl)c(Br)c1. The highest BCUT2D eigenvalue weighted by molar-refractivity contribution is 9.10. The van der Waals surface area contributed by atoms with Gasteiger partial charge in [0.15, 0.2) is 0 Å². The van der Waals surface area contributed by atoms with Crippen molar-refractivity contribution in [1.29, 1.82) is 0 Å². The standard InChI is InChI=1S/C9H12BrClN2O2S/c1-9(2,3)16(14,15)13-6-4-7(10)8(11)12-5-6/h4-5,13H,1-3H3. The summed E-state index contributed by atoms with van der Waals surface area (Å²) in [6.07, 6.45) is 1.37. The van der Waals surface area contributed by atoms with Gasteiger partial charge in [0.25, 0.3) is 0 Å². The molecule has 0 fully saturated rings. The van der Waals surface area contributed by atoms with E-state index >= 15 is 0 Å². The third-order valence-corrected chi connectivity index (χ3v) is 5.11. The van der Waals surface area contributed by atoms with Crippen LogP contribution >= 0.6 is 27.5 Å². The molecule has 0 radical (unpaired) electrons. The molecule has 0 unspecified atom stereocenters. The van der Waals surface area contributed by atoms with E-state index in [2.05, 4.69) is 25.6 Å². The maximum absolute atomic E-state index is 11.8. The van der Waals surface area contributed by atoms with Gasteiger partial charge < -0.3 is 0 Å². The molecule has 4 nitrogen and oxygen atoms in total. The Hall–Kier alpha value is -0.330. The maximum Gasteiger partial charge on any atom is 0.237 e. The van der Waals surface area contributed by atoms with Gasteiger partial charge in [-0.2, -0.15) is 0 Å². The minimum absolute atomic E-state index is 0.290. The van der Waals surface area contributed by atoms with Gasteiger partial charge >= 0.3 is 0 Å². The zero-order valence-electron chi connectivity index (χ0n) is 9.08. The number of pyridine rings is 1. The van der Waals surface area contributed by atoms with Crippen molar-refractivity contribution in [3.05, 3.63) is 21.9 Å². The first-order valence-corrected chi connectivity index (χ1v) is 7.12. The number of rotatable bonds is 2. The molecule has 0 aromatic carbocycles. The summed E-state index contributed by atoms with van der Waals surface area (Å²) in [6, 6.07) is 1.57. The molecule has 90 valence electrons. The monoisotopic (exact) mass is 326 g/mol. The summed E-state index contributed by atoms with van der Waals surface area (Å²) < 4.78 is 25.8. The molecule has 0 aliphatic heterocycles. The van der Waals surface area contributed by atoms with Crippen LogP contribution in [0, 0.1) is 0 Å². The summed E-state index contributed by atoms with van der Waals surface area (Å²) in [5.41, 5.74) is 0.381. The van der Waals surface area contributed by atoms with E-state index in [9.17, 15) is 8.42 Å². The third kappa shape index (κ3) is 3.09. The minimum Gasteiger partial charge on any atom is -0.282 e. The van der Waals surface area contributed by atoms with Crippen molar-refractivity contribution < 1.29 is 8.42 Å². The third-order valence-electron chi connectivity index (χ3n) is 1.85. The number of aromatic nitrogens is 1.